The van der Waals surface area contributed by atoms with E-state index in [9.17, 15) is 0 Å². The molecule has 0 amide bonds. The summed E-state index contributed by atoms with van der Waals surface area (Å²) < 4.78 is 0. The second-order valence-electron chi connectivity index (χ2n) is 6.00. The van der Waals surface area contributed by atoms with Crippen LogP contribution < -0.4 is 15.8 Å². The zero-order valence-electron chi connectivity index (χ0n) is 14.4. The van der Waals surface area contributed by atoms with Crippen molar-refractivity contribution >= 4 is 34.8 Å². The molecular formula is C21H21N2PS. The van der Waals surface area contributed by atoms with Gasteiger partial charge in [-0.3, -0.25) is 5.20 Å². The van der Waals surface area contributed by atoms with Gasteiger partial charge in [0.1, 0.15) is 6.19 Å². The van der Waals surface area contributed by atoms with Crippen LogP contribution in [0.4, 0.5) is 0 Å². The van der Waals surface area contributed by atoms with E-state index in [0.717, 1.165) is 16.2 Å². The maximum atomic E-state index is 6.10. The molecule has 2 nitrogen and oxygen atoms in total. The molecule has 0 aromatic heterocycles. The molecule has 0 bridgehead atoms. The van der Waals surface area contributed by atoms with Gasteiger partial charge in [-0.05, 0) is 25.0 Å². The maximum Gasteiger partial charge on any atom is 0.106 e. The van der Waals surface area contributed by atoms with E-state index in [4.69, 9.17) is 11.8 Å². The van der Waals surface area contributed by atoms with Gasteiger partial charge >= 0.3 is 0 Å². The predicted molar refractivity (Wildman–Crippen MR) is 113 cm³/mol. The minimum absolute atomic E-state index is 1.11. The molecule has 0 aliphatic carbocycles. The Morgan fingerprint density at radius 2 is 1.40 bits per heavy atom. The Kier molecular flexibility index (Phi) is 5.47. The fourth-order valence-electron chi connectivity index (χ4n) is 2.62. The minimum Gasteiger partial charge on any atom is -0.272 e. The van der Waals surface area contributed by atoms with Crippen molar-refractivity contribution in [2.45, 2.75) is 13.8 Å². The molecule has 0 unspecified atom stereocenters. The molecule has 0 aliphatic heterocycles. The monoisotopic (exact) mass is 364 g/mol. The number of hydrazone groups is 1. The van der Waals surface area contributed by atoms with Crippen molar-refractivity contribution in [3.63, 3.8) is 0 Å². The second kappa shape index (κ2) is 7.77. The van der Waals surface area contributed by atoms with Crippen LogP contribution in [-0.2, 0) is 11.8 Å². The first-order valence-corrected chi connectivity index (χ1v) is 11.0. The van der Waals surface area contributed by atoms with Crippen LogP contribution in [0.25, 0.3) is 0 Å². The van der Waals surface area contributed by atoms with Crippen molar-refractivity contribution in [2.24, 2.45) is 5.10 Å². The number of nitrogens with zero attached hydrogens (tertiary/aromatic N) is 1. The molecule has 0 heterocycles. The number of aryl methyl sites for hydroxylation is 2. The molecule has 1 N–H and O–H groups in total. The molecular weight excluding hydrogens is 343 g/mol. The van der Waals surface area contributed by atoms with Crippen molar-refractivity contribution in [3.8, 4) is 0 Å². The van der Waals surface area contributed by atoms with Gasteiger partial charge in [0, 0.05) is 10.6 Å². The molecule has 0 fully saturated rings. The molecule has 0 spiro atoms. The van der Waals surface area contributed by atoms with Gasteiger partial charge in [0.05, 0.1) is 6.21 Å². The summed E-state index contributed by atoms with van der Waals surface area (Å²) in [5.74, 6) is 0. The lowest BCUT2D eigenvalue weighted by Crippen LogP contribution is -2.24. The van der Waals surface area contributed by atoms with Crippen LogP contribution in [0.5, 0.6) is 0 Å². The van der Waals surface area contributed by atoms with E-state index in [1.54, 1.807) is 0 Å². The van der Waals surface area contributed by atoms with Crippen molar-refractivity contribution < 1.29 is 0 Å². The molecule has 4 heteroatoms. The van der Waals surface area contributed by atoms with Crippen LogP contribution in [0.1, 0.15) is 16.7 Å². The smallest absolute Gasteiger partial charge is 0.106 e. The van der Waals surface area contributed by atoms with Crippen LogP contribution >= 0.6 is 6.19 Å². The number of benzene rings is 3. The molecule has 25 heavy (non-hydrogen) atoms. The van der Waals surface area contributed by atoms with Crippen LogP contribution in [0, 0.1) is 13.8 Å². The van der Waals surface area contributed by atoms with E-state index in [-0.39, 0.29) is 0 Å². The lowest BCUT2D eigenvalue weighted by atomic mass is 10.1. The lowest BCUT2D eigenvalue weighted by molar-refractivity contribution is 1.11. The van der Waals surface area contributed by atoms with E-state index in [2.05, 4.69) is 66.6 Å². The molecule has 3 rings (SSSR count). The van der Waals surface area contributed by atoms with Crippen LogP contribution in [0.3, 0.4) is 0 Å². The fourth-order valence-corrected chi connectivity index (χ4v) is 5.42. The van der Waals surface area contributed by atoms with Crippen LogP contribution in [-0.4, -0.2) is 6.21 Å². The molecule has 126 valence electrons. The highest BCUT2D eigenvalue weighted by atomic mass is 32.4. The third-order valence-corrected chi connectivity index (χ3v) is 8.03. The summed E-state index contributed by atoms with van der Waals surface area (Å²) in [6.07, 6.45) is -0.332. The summed E-state index contributed by atoms with van der Waals surface area (Å²) in [5, 5.41) is 10.1. The third-order valence-electron chi connectivity index (χ3n) is 4.08. The first-order chi connectivity index (χ1) is 12.1. The summed E-state index contributed by atoms with van der Waals surface area (Å²) in [4.78, 5) is 0. The molecule has 3 aromatic rings. The summed E-state index contributed by atoms with van der Waals surface area (Å²) in [6, 6.07) is 26.8. The largest absolute Gasteiger partial charge is 0.272 e. The Morgan fingerprint density at radius 3 is 1.96 bits per heavy atom. The van der Waals surface area contributed by atoms with Gasteiger partial charge in [-0.1, -0.05) is 96.2 Å². The van der Waals surface area contributed by atoms with Crippen LogP contribution in [0.15, 0.2) is 84.0 Å². The van der Waals surface area contributed by atoms with Gasteiger partial charge in [-0.25, -0.2) is 0 Å². The molecule has 0 atom stereocenters. The fraction of sp³-hybridized carbons (Fsp3) is 0.0952. The first-order valence-electron chi connectivity index (χ1n) is 8.18. The van der Waals surface area contributed by atoms with E-state index in [1.165, 1.54) is 11.1 Å². The Labute approximate surface area is 154 Å². The van der Waals surface area contributed by atoms with Gasteiger partial charge in [-0.2, -0.15) is 5.10 Å². The Balaban J connectivity index is 1.95. The molecule has 0 saturated heterocycles. The predicted octanol–water partition coefficient (Wildman–Crippen LogP) is 4.27. The Morgan fingerprint density at radius 1 is 0.840 bits per heavy atom. The highest BCUT2D eigenvalue weighted by Gasteiger charge is 2.21. The zero-order chi connectivity index (χ0) is 17.7. The standard InChI is InChI=1S/C21H21N2PS/c1-17-13-14-18(2)19(15-17)16-22-23-24(25,20-9-5-3-6-10-20)21-11-7-4-8-12-21/h3-16H,1-2H3,(H,23,25). The van der Waals surface area contributed by atoms with E-state index >= 15 is 0 Å². The SMILES string of the molecule is Cc1ccc(C)c(C=NNP(=S)(c2ccccc2)c2ccccc2)c1. The zero-order valence-corrected chi connectivity index (χ0v) is 16.1. The molecule has 3 aromatic carbocycles. The average molecular weight is 364 g/mol. The topological polar surface area (TPSA) is 24.4 Å². The Hall–Kier alpha value is -2.22. The van der Waals surface area contributed by atoms with Crippen molar-refractivity contribution in [1.29, 1.82) is 0 Å². The first kappa shape index (κ1) is 17.6. The van der Waals surface area contributed by atoms with E-state index in [0.29, 0.717) is 0 Å². The van der Waals surface area contributed by atoms with Crippen molar-refractivity contribution in [2.75, 3.05) is 0 Å². The number of hydrogen-bond acceptors (Lipinski definition) is 2. The maximum absolute atomic E-state index is 6.10. The van der Waals surface area contributed by atoms with Crippen LogP contribution in [0.2, 0.25) is 0 Å². The summed E-state index contributed by atoms with van der Waals surface area (Å²) >= 11 is 6.10. The van der Waals surface area contributed by atoms with Crippen molar-refractivity contribution in [3.05, 3.63) is 95.6 Å². The lowest BCUT2D eigenvalue weighted by Gasteiger charge is -2.22. The number of hydrogen-bond donors (Lipinski definition) is 1. The molecule has 0 radical (unpaired) electrons. The van der Waals surface area contributed by atoms with Gasteiger partial charge in [0.2, 0.25) is 0 Å². The number of nitrogens with one attached hydrogen (secondary N) is 1. The second-order valence-corrected chi connectivity index (χ2v) is 10.1. The van der Waals surface area contributed by atoms with E-state index < -0.39 is 6.19 Å². The highest BCUT2D eigenvalue weighted by molar-refractivity contribution is 8.20. The molecule has 0 saturated carbocycles. The van der Waals surface area contributed by atoms with Crippen molar-refractivity contribution in [1.82, 2.24) is 5.20 Å². The summed E-state index contributed by atoms with van der Waals surface area (Å²) in [6.45, 7) is 4.17. The van der Waals surface area contributed by atoms with Gasteiger partial charge in [0.15, 0.2) is 0 Å². The quantitative estimate of drug-likeness (QED) is 0.415. The van der Waals surface area contributed by atoms with Gasteiger partial charge < -0.3 is 0 Å². The minimum atomic E-state index is -2.20. The number of rotatable bonds is 5. The molecule has 0 aliphatic rings. The summed E-state index contributed by atoms with van der Waals surface area (Å²) in [5.41, 5.74) is 3.52. The third kappa shape index (κ3) is 4.07. The summed E-state index contributed by atoms with van der Waals surface area (Å²) in [7, 11) is 0. The van der Waals surface area contributed by atoms with E-state index in [1.807, 2.05) is 42.6 Å². The van der Waals surface area contributed by atoms with Gasteiger partial charge in [0.25, 0.3) is 0 Å². The Bertz CT molecular complexity index is 878. The normalized spacial score (nSPS) is 11.6. The van der Waals surface area contributed by atoms with Gasteiger partial charge in [-0.15, -0.1) is 0 Å². The average Bonchev–Trinajstić information content (AvgIpc) is 2.66. The highest BCUT2D eigenvalue weighted by Crippen LogP contribution is 2.38.